The highest BCUT2D eigenvalue weighted by Crippen LogP contribution is 2.42. The number of thioether (sulfide) groups is 1. The lowest BCUT2D eigenvalue weighted by atomic mass is 9.85. The van der Waals surface area contributed by atoms with E-state index in [4.69, 9.17) is 9.47 Å². The summed E-state index contributed by atoms with van der Waals surface area (Å²) in [5, 5.41) is 24.0. The molecule has 0 aliphatic carbocycles. The number of nitrogens with one attached hydrogen (secondary N) is 1. The van der Waals surface area contributed by atoms with Gasteiger partial charge in [0.05, 0.1) is 25.2 Å². The van der Waals surface area contributed by atoms with Gasteiger partial charge in [-0.05, 0) is 30.5 Å². The van der Waals surface area contributed by atoms with Crippen LogP contribution in [0.2, 0.25) is 0 Å². The van der Waals surface area contributed by atoms with Crippen LogP contribution in [0.3, 0.4) is 0 Å². The van der Waals surface area contributed by atoms with Gasteiger partial charge in [0.25, 0.3) is 0 Å². The second-order valence-corrected chi connectivity index (χ2v) is 7.89. The molecular formula is C18H23F3N2O4S. The van der Waals surface area contributed by atoms with Gasteiger partial charge in [0.1, 0.15) is 23.4 Å². The third-order valence-corrected chi connectivity index (χ3v) is 6.24. The lowest BCUT2D eigenvalue weighted by Crippen LogP contribution is -2.62. The number of hydrogen-bond donors (Lipinski definition) is 3. The predicted octanol–water partition coefficient (Wildman–Crippen LogP) is 1.94. The molecule has 2 fully saturated rings. The summed E-state index contributed by atoms with van der Waals surface area (Å²) in [6.45, 7) is 0. The monoisotopic (exact) mass is 420 g/mol. The molecule has 0 spiro atoms. The summed E-state index contributed by atoms with van der Waals surface area (Å²) in [4.78, 5) is 3.94. The highest BCUT2D eigenvalue weighted by molar-refractivity contribution is 8.14. The molecular weight excluding hydrogens is 397 g/mol. The lowest BCUT2D eigenvalue weighted by Gasteiger charge is -2.42. The van der Waals surface area contributed by atoms with Gasteiger partial charge in [-0.15, -0.1) is 0 Å². The Morgan fingerprint density at radius 1 is 1.25 bits per heavy atom. The zero-order valence-corrected chi connectivity index (χ0v) is 16.2. The molecule has 0 amide bonds. The zero-order chi connectivity index (χ0) is 20.5. The SMILES string of the molecule is CN=C1NC2C(OC(C(CCc3ccc(OC)cc3)C(F)(F)F)C(O)C2O)S1. The number of aliphatic imine (C=N–C) groups is 1. The summed E-state index contributed by atoms with van der Waals surface area (Å²) in [5.74, 6) is -1.29. The molecule has 3 rings (SSSR count). The van der Waals surface area contributed by atoms with Crippen LogP contribution in [0, 0.1) is 5.92 Å². The van der Waals surface area contributed by atoms with Gasteiger partial charge in [-0.3, -0.25) is 4.99 Å². The number of aryl methyl sites for hydroxylation is 1. The number of halogens is 3. The Morgan fingerprint density at radius 3 is 2.50 bits per heavy atom. The van der Waals surface area contributed by atoms with Crippen LogP contribution in [0.1, 0.15) is 12.0 Å². The Balaban J connectivity index is 1.75. The predicted molar refractivity (Wildman–Crippen MR) is 99.4 cm³/mol. The minimum absolute atomic E-state index is 0.151. The minimum Gasteiger partial charge on any atom is -0.497 e. The lowest BCUT2D eigenvalue weighted by molar-refractivity contribution is -0.251. The maximum Gasteiger partial charge on any atom is 0.394 e. The smallest absolute Gasteiger partial charge is 0.394 e. The van der Waals surface area contributed by atoms with Crippen LogP contribution in [-0.2, 0) is 11.2 Å². The van der Waals surface area contributed by atoms with Gasteiger partial charge in [0, 0.05) is 7.05 Å². The van der Waals surface area contributed by atoms with Crippen molar-refractivity contribution in [2.45, 2.75) is 48.8 Å². The van der Waals surface area contributed by atoms with E-state index in [0.29, 0.717) is 10.9 Å². The average molecular weight is 420 g/mol. The number of ether oxygens (including phenoxy) is 2. The van der Waals surface area contributed by atoms with Gasteiger partial charge in [-0.2, -0.15) is 13.2 Å². The Labute approximate surface area is 165 Å². The molecule has 0 bridgehead atoms. The molecule has 28 heavy (non-hydrogen) atoms. The largest absolute Gasteiger partial charge is 0.497 e. The molecule has 2 aliphatic heterocycles. The molecule has 2 aliphatic rings. The standard InChI is InChI=1S/C18H23F3N2O4S/c1-22-17-23-12-13(24)14(25)15(27-16(12)28-17)11(18(19,20)21)8-5-9-3-6-10(26-2)7-4-9/h3-4,6-7,11-16,24-25H,5,8H2,1-2H3,(H,22,23). The molecule has 1 aromatic rings. The fraction of sp³-hybridized carbons (Fsp3) is 0.611. The topological polar surface area (TPSA) is 83.3 Å². The fourth-order valence-electron chi connectivity index (χ4n) is 3.51. The number of aliphatic hydroxyl groups is 2. The van der Waals surface area contributed by atoms with Crippen molar-refractivity contribution in [1.29, 1.82) is 0 Å². The maximum atomic E-state index is 13.8. The summed E-state index contributed by atoms with van der Waals surface area (Å²) in [7, 11) is 3.04. The summed E-state index contributed by atoms with van der Waals surface area (Å²) < 4.78 is 52.0. The van der Waals surface area contributed by atoms with Crippen LogP contribution in [0.15, 0.2) is 29.3 Å². The van der Waals surface area contributed by atoms with Crippen molar-refractivity contribution in [3.05, 3.63) is 29.8 Å². The van der Waals surface area contributed by atoms with E-state index < -0.39 is 41.9 Å². The molecule has 6 unspecified atom stereocenters. The number of methoxy groups -OCH3 is 1. The molecule has 10 heteroatoms. The van der Waals surface area contributed by atoms with E-state index in [-0.39, 0.29) is 12.8 Å². The fourth-order valence-corrected chi connectivity index (χ4v) is 4.60. The van der Waals surface area contributed by atoms with E-state index in [1.54, 1.807) is 24.3 Å². The Hall–Kier alpha value is -1.49. The van der Waals surface area contributed by atoms with Gasteiger partial charge >= 0.3 is 6.18 Å². The van der Waals surface area contributed by atoms with Gasteiger partial charge in [-0.25, -0.2) is 0 Å². The molecule has 6 atom stereocenters. The zero-order valence-electron chi connectivity index (χ0n) is 15.4. The average Bonchev–Trinajstić information content (AvgIpc) is 3.08. The second kappa shape index (κ2) is 8.48. The van der Waals surface area contributed by atoms with Crippen LogP contribution in [-0.4, -0.2) is 65.5 Å². The normalized spacial score (nSPS) is 32.7. The minimum atomic E-state index is -4.58. The van der Waals surface area contributed by atoms with E-state index in [2.05, 4.69) is 10.3 Å². The molecule has 0 radical (unpaired) electrons. The molecule has 0 aromatic heterocycles. The molecule has 0 saturated carbocycles. The van der Waals surface area contributed by atoms with E-state index >= 15 is 0 Å². The van der Waals surface area contributed by atoms with Gasteiger partial charge < -0.3 is 25.0 Å². The van der Waals surface area contributed by atoms with Gasteiger partial charge in [0.2, 0.25) is 0 Å². The van der Waals surface area contributed by atoms with Gasteiger partial charge in [-0.1, -0.05) is 23.9 Å². The molecule has 1 aromatic carbocycles. The van der Waals surface area contributed by atoms with Crippen LogP contribution < -0.4 is 10.1 Å². The van der Waals surface area contributed by atoms with Crippen molar-refractivity contribution in [1.82, 2.24) is 5.32 Å². The number of amidine groups is 1. The van der Waals surface area contributed by atoms with E-state index in [9.17, 15) is 23.4 Å². The summed E-state index contributed by atoms with van der Waals surface area (Å²) in [6, 6.07) is 6.08. The highest BCUT2D eigenvalue weighted by atomic mass is 32.2. The third kappa shape index (κ3) is 4.40. The molecule has 156 valence electrons. The van der Waals surface area contributed by atoms with Crippen molar-refractivity contribution in [2.24, 2.45) is 10.9 Å². The number of fused-ring (bicyclic) bond motifs is 1. The van der Waals surface area contributed by atoms with Crippen molar-refractivity contribution in [2.75, 3.05) is 14.2 Å². The number of aliphatic hydroxyl groups excluding tert-OH is 2. The Morgan fingerprint density at radius 2 is 1.93 bits per heavy atom. The first-order valence-electron chi connectivity index (χ1n) is 8.85. The number of rotatable bonds is 5. The van der Waals surface area contributed by atoms with Crippen LogP contribution in [0.25, 0.3) is 0 Å². The number of alkyl halides is 3. The summed E-state index contributed by atoms with van der Waals surface area (Å²) >= 11 is 1.12. The summed E-state index contributed by atoms with van der Waals surface area (Å²) in [6.07, 6.45) is -9.30. The quantitative estimate of drug-likeness (QED) is 0.676. The summed E-state index contributed by atoms with van der Waals surface area (Å²) in [5.41, 5.74) is -0.0241. The molecule has 3 N–H and O–H groups in total. The second-order valence-electron chi connectivity index (χ2n) is 6.80. The first kappa shape index (κ1) is 21.2. The first-order valence-corrected chi connectivity index (χ1v) is 9.73. The first-order chi connectivity index (χ1) is 13.2. The van der Waals surface area contributed by atoms with E-state index in [1.165, 1.54) is 14.2 Å². The Kier molecular flexibility index (Phi) is 6.43. The van der Waals surface area contributed by atoms with Crippen LogP contribution in [0.5, 0.6) is 5.75 Å². The van der Waals surface area contributed by atoms with Gasteiger partial charge in [0.15, 0.2) is 5.17 Å². The van der Waals surface area contributed by atoms with Crippen LogP contribution >= 0.6 is 11.8 Å². The van der Waals surface area contributed by atoms with Crippen molar-refractivity contribution in [3.8, 4) is 5.75 Å². The molecule has 2 heterocycles. The van der Waals surface area contributed by atoms with Crippen molar-refractivity contribution < 1.29 is 32.9 Å². The number of nitrogens with zero attached hydrogens (tertiary/aromatic N) is 1. The number of hydrogen-bond acceptors (Lipinski definition) is 6. The van der Waals surface area contributed by atoms with E-state index in [1.807, 2.05) is 0 Å². The highest BCUT2D eigenvalue weighted by Gasteiger charge is 2.56. The van der Waals surface area contributed by atoms with Crippen molar-refractivity contribution in [3.63, 3.8) is 0 Å². The van der Waals surface area contributed by atoms with Crippen LogP contribution in [0.4, 0.5) is 13.2 Å². The Bertz CT molecular complexity index is 701. The van der Waals surface area contributed by atoms with Crippen molar-refractivity contribution >= 4 is 16.9 Å². The van der Waals surface area contributed by atoms with E-state index in [0.717, 1.165) is 17.3 Å². The number of benzene rings is 1. The molecule has 2 saturated heterocycles. The third-order valence-electron chi connectivity index (χ3n) is 5.08. The maximum absolute atomic E-state index is 13.8. The molecule has 6 nitrogen and oxygen atoms in total.